The summed E-state index contributed by atoms with van der Waals surface area (Å²) in [4.78, 5) is 77.1. The molecule has 0 bridgehead atoms. The summed E-state index contributed by atoms with van der Waals surface area (Å²) in [5, 5.41) is 23.2. The Labute approximate surface area is 206 Å². The molecule has 0 spiro atoms. The Bertz CT molecular complexity index is 876. The summed E-state index contributed by atoms with van der Waals surface area (Å²) >= 11 is 0. The average Bonchev–Trinajstić information content (AvgIpc) is 3.27. The molecule has 12 N–H and O–H groups in total. The molecule has 0 aliphatic carbocycles. The molecule has 1 saturated heterocycles. The number of guanidine groups is 1. The molecule has 1 fully saturated rings. The largest absolute Gasteiger partial charge is 0.481 e. The molecule has 1 rings (SSSR count). The maximum Gasteiger partial charge on any atom is 0.326 e. The van der Waals surface area contributed by atoms with Crippen molar-refractivity contribution in [1.29, 1.82) is 0 Å². The number of hydrogen-bond acceptors (Lipinski definition) is 8. The number of aliphatic imine (C=N–C) groups is 1. The minimum Gasteiger partial charge on any atom is -0.481 e. The smallest absolute Gasteiger partial charge is 0.326 e. The lowest BCUT2D eigenvalue weighted by Crippen LogP contribution is -2.57. The number of carboxylic acid groups (broad SMARTS) is 2. The van der Waals surface area contributed by atoms with Crippen molar-refractivity contribution in [1.82, 2.24) is 15.5 Å². The molecule has 202 valence electrons. The molecule has 16 heteroatoms. The van der Waals surface area contributed by atoms with Crippen LogP contribution in [0.15, 0.2) is 4.99 Å². The molecule has 0 radical (unpaired) electrons. The van der Waals surface area contributed by atoms with Gasteiger partial charge in [0, 0.05) is 19.5 Å². The average molecular weight is 515 g/mol. The van der Waals surface area contributed by atoms with Crippen molar-refractivity contribution in [2.45, 2.75) is 69.1 Å². The number of likely N-dealkylation sites (tertiary alicyclic amines) is 1. The van der Waals surface area contributed by atoms with Crippen molar-refractivity contribution in [2.24, 2.45) is 27.9 Å². The summed E-state index contributed by atoms with van der Waals surface area (Å²) in [5.74, 6) is -6.12. The minimum absolute atomic E-state index is 0.0817. The van der Waals surface area contributed by atoms with E-state index in [1.807, 2.05) is 0 Å². The summed E-state index contributed by atoms with van der Waals surface area (Å²) in [5.41, 5.74) is 21.4. The number of carboxylic acids is 2. The number of carbonyl (C=O) groups is 6. The molecule has 1 heterocycles. The zero-order chi connectivity index (χ0) is 27.4. The second-order valence-corrected chi connectivity index (χ2v) is 8.31. The number of nitrogens with one attached hydrogen (secondary N) is 2. The maximum atomic E-state index is 12.9. The Balaban J connectivity index is 2.95. The lowest BCUT2D eigenvalue weighted by molar-refractivity contribution is -0.150. The Morgan fingerprint density at radius 1 is 0.972 bits per heavy atom. The van der Waals surface area contributed by atoms with Gasteiger partial charge in [-0.3, -0.25) is 29.0 Å². The van der Waals surface area contributed by atoms with Gasteiger partial charge in [-0.15, -0.1) is 0 Å². The highest BCUT2D eigenvalue weighted by Gasteiger charge is 2.39. The zero-order valence-electron chi connectivity index (χ0n) is 19.7. The molecule has 4 unspecified atom stereocenters. The van der Waals surface area contributed by atoms with Crippen LogP contribution >= 0.6 is 0 Å². The van der Waals surface area contributed by atoms with Crippen LogP contribution in [0.5, 0.6) is 0 Å². The molecular weight excluding hydrogens is 480 g/mol. The van der Waals surface area contributed by atoms with Crippen molar-refractivity contribution < 1.29 is 39.0 Å². The Hall–Kier alpha value is -3.95. The third-order valence-corrected chi connectivity index (χ3v) is 5.43. The third-order valence-electron chi connectivity index (χ3n) is 5.43. The monoisotopic (exact) mass is 514 g/mol. The molecule has 36 heavy (non-hydrogen) atoms. The van der Waals surface area contributed by atoms with Crippen LogP contribution < -0.4 is 33.6 Å². The summed E-state index contributed by atoms with van der Waals surface area (Å²) in [6.07, 6.45) is -0.263. The number of hydrogen-bond donors (Lipinski definition) is 8. The van der Waals surface area contributed by atoms with Gasteiger partial charge in [-0.1, -0.05) is 0 Å². The van der Waals surface area contributed by atoms with Gasteiger partial charge < -0.3 is 48.7 Å². The van der Waals surface area contributed by atoms with Crippen LogP contribution in [0.25, 0.3) is 0 Å². The lowest BCUT2D eigenvalue weighted by Gasteiger charge is -2.28. The Kier molecular flexibility index (Phi) is 12.1. The number of amides is 4. The van der Waals surface area contributed by atoms with Gasteiger partial charge in [0.1, 0.15) is 18.1 Å². The van der Waals surface area contributed by atoms with Crippen LogP contribution in [0, 0.1) is 0 Å². The number of aliphatic carboxylic acids is 2. The van der Waals surface area contributed by atoms with Gasteiger partial charge in [0.05, 0.1) is 12.5 Å². The van der Waals surface area contributed by atoms with Crippen LogP contribution in [0.3, 0.4) is 0 Å². The molecule has 0 saturated carbocycles. The van der Waals surface area contributed by atoms with E-state index in [0.29, 0.717) is 12.8 Å². The van der Waals surface area contributed by atoms with Crippen molar-refractivity contribution in [3.63, 3.8) is 0 Å². The van der Waals surface area contributed by atoms with Gasteiger partial charge in [-0.2, -0.15) is 0 Å². The summed E-state index contributed by atoms with van der Waals surface area (Å²) in [6, 6.07) is -5.17. The van der Waals surface area contributed by atoms with E-state index in [2.05, 4.69) is 15.6 Å². The predicted octanol–water partition coefficient (Wildman–Crippen LogP) is -3.85. The first-order valence-electron chi connectivity index (χ1n) is 11.3. The van der Waals surface area contributed by atoms with E-state index in [1.54, 1.807) is 0 Å². The first-order chi connectivity index (χ1) is 16.8. The van der Waals surface area contributed by atoms with Gasteiger partial charge in [0.2, 0.25) is 23.6 Å². The Morgan fingerprint density at radius 2 is 1.61 bits per heavy atom. The number of primary amides is 1. The molecule has 4 amide bonds. The maximum absolute atomic E-state index is 12.9. The van der Waals surface area contributed by atoms with E-state index in [0.717, 1.165) is 4.90 Å². The van der Waals surface area contributed by atoms with Crippen LogP contribution in [-0.4, -0.2) is 93.9 Å². The fourth-order valence-corrected chi connectivity index (χ4v) is 3.62. The van der Waals surface area contributed by atoms with Gasteiger partial charge in [0.15, 0.2) is 5.96 Å². The zero-order valence-corrected chi connectivity index (χ0v) is 19.7. The van der Waals surface area contributed by atoms with Gasteiger partial charge >= 0.3 is 11.9 Å². The minimum atomic E-state index is -1.60. The van der Waals surface area contributed by atoms with E-state index in [9.17, 15) is 39.0 Å². The van der Waals surface area contributed by atoms with Gasteiger partial charge in [-0.05, 0) is 32.1 Å². The second-order valence-electron chi connectivity index (χ2n) is 8.31. The second kappa shape index (κ2) is 14.4. The Morgan fingerprint density at radius 3 is 2.17 bits per heavy atom. The predicted molar refractivity (Wildman–Crippen MR) is 125 cm³/mol. The van der Waals surface area contributed by atoms with Crippen molar-refractivity contribution in [3.8, 4) is 0 Å². The quantitative estimate of drug-likeness (QED) is 0.0594. The number of carbonyl (C=O) groups excluding carboxylic acids is 4. The van der Waals surface area contributed by atoms with Crippen LogP contribution in [-0.2, 0) is 28.8 Å². The molecular formula is C20H34N8O8. The van der Waals surface area contributed by atoms with Crippen LogP contribution in [0.2, 0.25) is 0 Å². The summed E-state index contributed by atoms with van der Waals surface area (Å²) in [7, 11) is 0. The van der Waals surface area contributed by atoms with Crippen molar-refractivity contribution in [3.05, 3.63) is 0 Å². The van der Waals surface area contributed by atoms with Gasteiger partial charge in [-0.25, -0.2) is 4.79 Å². The molecule has 4 atom stereocenters. The number of rotatable bonds is 15. The van der Waals surface area contributed by atoms with Crippen LogP contribution in [0.4, 0.5) is 0 Å². The first-order valence-corrected chi connectivity index (χ1v) is 11.3. The molecule has 1 aliphatic rings. The van der Waals surface area contributed by atoms with E-state index >= 15 is 0 Å². The van der Waals surface area contributed by atoms with E-state index < -0.39 is 66.2 Å². The topological polar surface area (TPSA) is 287 Å². The van der Waals surface area contributed by atoms with Gasteiger partial charge in [0.25, 0.3) is 0 Å². The number of nitrogens with zero attached hydrogens (tertiary/aromatic N) is 2. The highest BCUT2D eigenvalue weighted by atomic mass is 16.4. The molecule has 0 aromatic carbocycles. The number of nitrogens with two attached hydrogens (primary N) is 4. The standard InChI is InChI=1S/C20H34N8O8/c21-10(3-1-7-25-20(23)24)16(32)26-11(5-6-14(22)29)17(33)27-12(9-15(30)31)18(34)28-8-2-4-13(28)19(35)36/h10-13H,1-9,21H2,(H2,22,29)(H,26,32)(H,27,33)(H,30,31)(H,35,36)(H4,23,24,25). The molecule has 0 aromatic rings. The third kappa shape index (κ3) is 10.1. The normalized spacial score (nSPS) is 17.4. The van der Waals surface area contributed by atoms with E-state index in [1.165, 1.54) is 0 Å². The summed E-state index contributed by atoms with van der Waals surface area (Å²) < 4.78 is 0. The lowest BCUT2D eigenvalue weighted by atomic mass is 10.1. The highest BCUT2D eigenvalue weighted by molar-refractivity contribution is 5.96. The molecule has 16 nitrogen and oxygen atoms in total. The van der Waals surface area contributed by atoms with E-state index in [-0.39, 0.29) is 44.7 Å². The van der Waals surface area contributed by atoms with Crippen molar-refractivity contribution in [2.75, 3.05) is 13.1 Å². The fourth-order valence-electron chi connectivity index (χ4n) is 3.62. The fraction of sp³-hybridized carbons (Fsp3) is 0.650. The highest BCUT2D eigenvalue weighted by Crippen LogP contribution is 2.19. The van der Waals surface area contributed by atoms with E-state index in [4.69, 9.17) is 22.9 Å². The summed E-state index contributed by atoms with van der Waals surface area (Å²) in [6.45, 7) is 0.306. The van der Waals surface area contributed by atoms with Crippen LogP contribution in [0.1, 0.15) is 44.9 Å². The molecule has 0 aromatic heterocycles. The molecule has 1 aliphatic heterocycles. The van der Waals surface area contributed by atoms with Crippen molar-refractivity contribution >= 4 is 41.5 Å². The first kappa shape index (κ1) is 30.1. The SMILES string of the molecule is NC(=O)CCC(NC(=O)C(N)CCCN=C(N)N)C(=O)NC(CC(=O)O)C(=O)N1CCCC1C(=O)O.